The van der Waals surface area contributed by atoms with Gasteiger partial charge < -0.3 is 5.32 Å². The lowest BCUT2D eigenvalue weighted by atomic mass is 9.79. The highest BCUT2D eigenvalue weighted by atomic mass is 14.9. The molecule has 1 aromatic rings. The molecule has 0 heterocycles. The minimum Gasteiger partial charge on any atom is -0.310 e. The monoisotopic (exact) mass is 259 g/mol. The molecule has 0 saturated carbocycles. The average Bonchev–Trinajstić information content (AvgIpc) is 2.38. The molecular weight excluding hydrogens is 230 g/mol. The zero-order valence-electron chi connectivity index (χ0n) is 13.2. The molecule has 1 aliphatic rings. The quantitative estimate of drug-likeness (QED) is 0.809. The van der Waals surface area contributed by atoms with Gasteiger partial charge in [0.25, 0.3) is 0 Å². The maximum Gasteiger partial charge on any atom is 0.0323 e. The van der Waals surface area contributed by atoms with Gasteiger partial charge in [0.2, 0.25) is 0 Å². The highest BCUT2D eigenvalue weighted by molar-refractivity contribution is 5.45. The third kappa shape index (κ3) is 3.02. The van der Waals surface area contributed by atoms with Crippen LogP contribution in [0.25, 0.3) is 0 Å². The maximum absolute atomic E-state index is 3.67. The Kier molecular flexibility index (Phi) is 4.67. The zero-order valence-corrected chi connectivity index (χ0v) is 13.2. The van der Waals surface area contributed by atoms with Gasteiger partial charge in [-0.3, -0.25) is 0 Å². The van der Waals surface area contributed by atoms with Gasteiger partial charge in [0, 0.05) is 6.04 Å². The fourth-order valence-electron chi connectivity index (χ4n) is 3.29. The van der Waals surface area contributed by atoms with E-state index in [9.17, 15) is 0 Å². The minimum absolute atomic E-state index is 0.574. The first-order valence-corrected chi connectivity index (χ1v) is 7.94. The van der Waals surface area contributed by atoms with Crippen molar-refractivity contribution in [3.8, 4) is 0 Å². The molecule has 0 aliphatic heterocycles. The first-order valence-electron chi connectivity index (χ1n) is 7.94. The molecule has 0 aromatic heterocycles. The lowest BCUT2D eigenvalue weighted by Crippen LogP contribution is -2.26. The van der Waals surface area contributed by atoms with Crippen LogP contribution in [0.2, 0.25) is 0 Å². The van der Waals surface area contributed by atoms with Crippen molar-refractivity contribution in [2.75, 3.05) is 6.54 Å². The Labute approximate surface area is 118 Å². The van der Waals surface area contributed by atoms with Gasteiger partial charge in [-0.15, -0.1) is 0 Å². The second-order valence-corrected chi connectivity index (χ2v) is 6.49. The summed E-state index contributed by atoms with van der Waals surface area (Å²) in [5.41, 5.74) is 6.32. The molecule has 19 heavy (non-hydrogen) atoms. The Hall–Kier alpha value is -0.820. The molecule has 2 rings (SSSR count). The summed E-state index contributed by atoms with van der Waals surface area (Å²) in [5, 5.41) is 3.67. The van der Waals surface area contributed by atoms with Crippen molar-refractivity contribution in [1.29, 1.82) is 0 Å². The summed E-state index contributed by atoms with van der Waals surface area (Å²) < 4.78 is 0. The van der Waals surface area contributed by atoms with Crippen molar-refractivity contribution in [2.24, 2.45) is 0 Å². The second-order valence-electron chi connectivity index (χ2n) is 6.49. The summed E-state index contributed by atoms with van der Waals surface area (Å²) in [5.74, 6) is 1.25. The van der Waals surface area contributed by atoms with Crippen molar-refractivity contribution < 1.29 is 0 Å². The van der Waals surface area contributed by atoms with Gasteiger partial charge in [-0.05, 0) is 59.9 Å². The lowest BCUT2D eigenvalue weighted by molar-refractivity contribution is 0.468. The SMILES string of the molecule is CCNC1CCCc2c(C(C)C)cc(C(C)C)cc21. The summed E-state index contributed by atoms with van der Waals surface area (Å²) in [6.45, 7) is 12.5. The first kappa shape index (κ1) is 14.6. The van der Waals surface area contributed by atoms with Crippen LogP contribution in [0.3, 0.4) is 0 Å². The molecular formula is C18H29N. The molecule has 0 bridgehead atoms. The van der Waals surface area contributed by atoms with E-state index in [0.717, 1.165) is 6.54 Å². The van der Waals surface area contributed by atoms with Crippen LogP contribution in [0.4, 0.5) is 0 Å². The number of nitrogens with one attached hydrogen (secondary N) is 1. The van der Waals surface area contributed by atoms with E-state index in [4.69, 9.17) is 0 Å². The smallest absolute Gasteiger partial charge is 0.0323 e. The largest absolute Gasteiger partial charge is 0.310 e. The standard InChI is InChI=1S/C18H29N/c1-6-19-18-9-7-8-15-16(13(4)5)10-14(12(2)3)11-17(15)18/h10-13,18-19H,6-9H2,1-5H3. The Morgan fingerprint density at radius 3 is 2.47 bits per heavy atom. The molecule has 0 saturated heterocycles. The minimum atomic E-state index is 0.574. The molecule has 0 radical (unpaired) electrons. The molecule has 1 atom stereocenters. The van der Waals surface area contributed by atoms with Crippen LogP contribution in [0.15, 0.2) is 12.1 Å². The predicted molar refractivity (Wildman–Crippen MR) is 84.0 cm³/mol. The number of rotatable bonds is 4. The molecule has 1 aromatic carbocycles. The Bertz CT molecular complexity index is 432. The van der Waals surface area contributed by atoms with Gasteiger partial charge in [0.05, 0.1) is 0 Å². The van der Waals surface area contributed by atoms with E-state index in [2.05, 4.69) is 52.1 Å². The van der Waals surface area contributed by atoms with Crippen LogP contribution in [0.5, 0.6) is 0 Å². The normalized spacial score (nSPS) is 19.0. The second kappa shape index (κ2) is 6.09. The van der Waals surface area contributed by atoms with Crippen LogP contribution >= 0.6 is 0 Å². The van der Waals surface area contributed by atoms with Gasteiger partial charge in [-0.2, -0.15) is 0 Å². The molecule has 1 unspecified atom stereocenters. The van der Waals surface area contributed by atoms with E-state index in [1.807, 2.05) is 0 Å². The summed E-state index contributed by atoms with van der Waals surface area (Å²) in [7, 11) is 0. The topological polar surface area (TPSA) is 12.0 Å². The van der Waals surface area contributed by atoms with Crippen LogP contribution in [0.1, 0.15) is 87.6 Å². The third-order valence-electron chi connectivity index (χ3n) is 4.38. The molecule has 1 heteroatoms. The predicted octanol–water partition coefficient (Wildman–Crippen LogP) is 4.92. The lowest BCUT2D eigenvalue weighted by Gasteiger charge is -2.30. The van der Waals surface area contributed by atoms with Crippen LogP contribution in [0, 0.1) is 0 Å². The summed E-state index contributed by atoms with van der Waals surface area (Å²) >= 11 is 0. The van der Waals surface area contributed by atoms with E-state index in [1.54, 1.807) is 16.7 Å². The van der Waals surface area contributed by atoms with E-state index in [0.29, 0.717) is 17.9 Å². The van der Waals surface area contributed by atoms with Crippen LogP contribution in [-0.4, -0.2) is 6.54 Å². The fourth-order valence-corrected chi connectivity index (χ4v) is 3.29. The van der Waals surface area contributed by atoms with Crippen molar-refractivity contribution in [3.05, 3.63) is 34.4 Å². The molecule has 1 aliphatic carbocycles. The first-order chi connectivity index (χ1) is 9.04. The van der Waals surface area contributed by atoms with E-state index in [1.165, 1.54) is 24.8 Å². The number of fused-ring (bicyclic) bond motifs is 1. The number of hydrogen-bond acceptors (Lipinski definition) is 1. The van der Waals surface area contributed by atoms with Crippen LogP contribution in [-0.2, 0) is 6.42 Å². The van der Waals surface area contributed by atoms with Gasteiger partial charge in [-0.25, -0.2) is 0 Å². The molecule has 0 amide bonds. The maximum atomic E-state index is 3.67. The number of benzene rings is 1. The highest BCUT2D eigenvalue weighted by Crippen LogP contribution is 2.37. The molecule has 1 N–H and O–H groups in total. The van der Waals surface area contributed by atoms with Crippen molar-refractivity contribution in [2.45, 2.75) is 71.8 Å². The third-order valence-corrected chi connectivity index (χ3v) is 4.38. The fraction of sp³-hybridized carbons (Fsp3) is 0.667. The van der Waals surface area contributed by atoms with Gasteiger partial charge in [0.15, 0.2) is 0 Å². The molecule has 1 nitrogen and oxygen atoms in total. The van der Waals surface area contributed by atoms with E-state index < -0.39 is 0 Å². The van der Waals surface area contributed by atoms with Gasteiger partial charge >= 0.3 is 0 Å². The van der Waals surface area contributed by atoms with Crippen molar-refractivity contribution in [3.63, 3.8) is 0 Å². The Balaban J connectivity index is 2.52. The Morgan fingerprint density at radius 2 is 1.89 bits per heavy atom. The molecule has 106 valence electrons. The molecule has 0 fully saturated rings. The van der Waals surface area contributed by atoms with E-state index >= 15 is 0 Å². The molecule has 0 spiro atoms. The Morgan fingerprint density at radius 1 is 1.16 bits per heavy atom. The highest BCUT2D eigenvalue weighted by Gasteiger charge is 2.23. The van der Waals surface area contributed by atoms with Gasteiger partial charge in [-0.1, -0.05) is 46.8 Å². The summed E-state index contributed by atoms with van der Waals surface area (Å²) in [4.78, 5) is 0. The zero-order chi connectivity index (χ0) is 14.0. The summed E-state index contributed by atoms with van der Waals surface area (Å²) in [6.07, 6.45) is 3.88. The van der Waals surface area contributed by atoms with Crippen molar-refractivity contribution >= 4 is 0 Å². The summed E-state index contributed by atoms with van der Waals surface area (Å²) in [6, 6.07) is 5.51. The van der Waals surface area contributed by atoms with Crippen molar-refractivity contribution in [1.82, 2.24) is 5.32 Å². The van der Waals surface area contributed by atoms with E-state index in [-0.39, 0.29) is 0 Å². The van der Waals surface area contributed by atoms with Gasteiger partial charge in [0.1, 0.15) is 0 Å². The average molecular weight is 259 g/mol. The van der Waals surface area contributed by atoms with Crippen LogP contribution < -0.4 is 5.32 Å². The number of hydrogen-bond donors (Lipinski definition) is 1.